The maximum Gasteiger partial charge on any atom is 0.123 e. The molecule has 0 bridgehead atoms. The van der Waals surface area contributed by atoms with Crippen molar-refractivity contribution in [3.63, 3.8) is 0 Å². The van der Waals surface area contributed by atoms with E-state index in [0.29, 0.717) is 6.10 Å². The Morgan fingerprint density at radius 3 is 2.76 bits per heavy atom. The molecule has 0 aliphatic carbocycles. The van der Waals surface area contributed by atoms with Gasteiger partial charge in [-0.15, -0.1) is 0 Å². The molecule has 1 aliphatic heterocycles. The van der Waals surface area contributed by atoms with E-state index in [9.17, 15) is 0 Å². The minimum Gasteiger partial charge on any atom is -0.490 e. The summed E-state index contributed by atoms with van der Waals surface area (Å²) in [6, 6.07) is 13.3. The maximum absolute atomic E-state index is 5.80. The minimum absolute atomic E-state index is 0.228. The van der Waals surface area contributed by atoms with Gasteiger partial charge in [0, 0.05) is 6.42 Å². The van der Waals surface area contributed by atoms with Gasteiger partial charge in [0.2, 0.25) is 0 Å². The summed E-state index contributed by atoms with van der Waals surface area (Å²) in [5.74, 6) is 1.04. The zero-order chi connectivity index (χ0) is 15.0. The number of rotatable bonds is 3. The molecule has 2 unspecified atom stereocenters. The first-order valence-corrected chi connectivity index (χ1v) is 7.63. The zero-order valence-electron chi connectivity index (χ0n) is 13.2. The van der Waals surface area contributed by atoms with Crippen molar-refractivity contribution in [2.24, 2.45) is 0 Å². The Bertz CT molecular complexity index is 663. The average Bonchev–Trinajstić information content (AvgIpc) is 2.83. The highest BCUT2D eigenvalue weighted by Gasteiger charge is 2.22. The lowest BCUT2D eigenvalue weighted by Crippen LogP contribution is -2.19. The third-order valence-corrected chi connectivity index (χ3v) is 4.50. The molecule has 0 fully saturated rings. The Morgan fingerprint density at radius 2 is 2.00 bits per heavy atom. The largest absolute Gasteiger partial charge is 0.490 e. The van der Waals surface area contributed by atoms with E-state index in [1.54, 1.807) is 0 Å². The molecule has 1 aliphatic rings. The Hall–Kier alpha value is -1.80. The van der Waals surface area contributed by atoms with Crippen LogP contribution in [0.15, 0.2) is 36.4 Å². The molecular weight excluding hydrogens is 258 g/mol. The third kappa shape index (κ3) is 2.56. The summed E-state index contributed by atoms with van der Waals surface area (Å²) in [4.78, 5) is 0. The Kier molecular flexibility index (Phi) is 3.73. The van der Waals surface area contributed by atoms with Gasteiger partial charge in [0.05, 0.1) is 6.04 Å². The van der Waals surface area contributed by atoms with E-state index < -0.39 is 0 Å². The average molecular weight is 281 g/mol. The van der Waals surface area contributed by atoms with E-state index in [0.717, 1.165) is 12.2 Å². The summed E-state index contributed by atoms with van der Waals surface area (Å²) in [6.45, 7) is 6.50. The number of ether oxygens (including phenoxy) is 1. The topological polar surface area (TPSA) is 21.3 Å². The first kappa shape index (κ1) is 14.2. The lowest BCUT2D eigenvalue weighted by Gasteiger charge is -2.21. The highest BCUT2D eigenvalue weighted by Crippen LogP contribution is 2.33. The molecule has 0 saturated carbocycles. The highest BCUT2D eigenvalue weighted by molar-refractivity contribution is 5.46. The van der Waals surface area contributed by atoms with Gasteiger partial charge >= 0.3 is 0 Å². The number of aryl methyl sites for hydroxylation is 1. The van der Waals surface area contributed by atoms with E-state index in [1.165, 1.54) is 27.8 Å². The zero-order valence-corrected chi connectivity index (χ0v) is 13.2. The van der Waals surface area contributed by atoms with Crippen molar-refractivity contribution >= 4 is 0 Å². The molecule has 2 nitrogen and oxygen atoms in total. The second-order valence-electron chi connectivity index (χ2n) is 6.01. The van der Waals surface area contributed by atoms with Crippen molar-refractivity contribution in [3.8, 4) is 5.75 Å². The Labute approximate surface area is 127 Å². The summed E-state index contributed by atoms with van der Waals surface area (Å²) in [5, 5.41) is 3.46. The van der Waals surface area contributed by atoms with Crippen LogP contribution in [0.5, 0.6) is 5.75 Å². The first-order valence-electron chi connectivity index (χ1n) is 7.63. The minimum atomic E-state index is 0.228. The monoisotopic (exact) mass is 281 g/mol. The molecule has 0 radical (unpaired) electrons. The van der Waals surface area contributed by atoms with Crippen molar-refractivity contribution in [1.82, 2.24) is 5.32 Å². The van der Waals surface area contributed by atoms with Crippen LogP contribution in [0.2, 0.25) is 0 Å². The van der Waals surface area contributed by atoms with Crippen molar-refractivity contribution in [2.75, 3.05) is 7.05 Å². The van der Waals surface area contributed by atoms with Crippen LogP contribution in [0, 0.1) is 13.8 Å². The molecule has 0 aromatic heterocycles. The third-order valence-electron chi connectivity index (χ3n) is 4.50. The molecule has 1 heterocycles. The normalized spacial score (nSPS) is 18.2. The predicted octanol–water partition coefficient (Wildman–Crippen LogP) is 3.94. The molecule has 3 rings (SSSR count). The number of benzene rings is 2. The molecule has 0 saturated heterocycles. The van der Waals surface area contributed by atoms with Crippen LogP contribution in [-0.4, -0.2) is 13.2 Å². The Morgan fingerprint density at radius 1 is 1.19 bits per heavy atom. The van der Waals surface area contributed by atoms with Crippen LogP contribution in [0.4, 0.5) is 0 Å². The van der Waals surface area contributed by atoms with Gasteiger partial charge in [0.25, 0.3) is 0 Å². The fourth-order valence-corrected chi connectivity index (χ4v) is 3.21. The molecule has 21 heavy (non-hydrogen) atoms. The van der Waals surface area contributed by atoms with Crippen molar-refractivity contribution < 1.29 is 4.74 Å². The molecule has 2 atom stereocenters. The molecule has 110 valence electrons. The summed E-state index contributed by atoms with van der Waals surface area (Å²) in [5.41, 5.74) is 6.69. The van der Waals surface area contributed by atoms with Crippen LogP contribution >= 0.6 is 0 Å². The SMILES string of the molecule is CNC(c1ccc2c(c1)CC(C)O2)c1cccc(C)c1C. The number of fused-ring (bicyclic) bond motifs is 1. The lowest BCUT2D eigenvalue weighted by atomic mass is 9.91. The standard InChI is InChI=1S/C19H23NO/c1-12-6-5-7-17(14(12)3)19(20-4)15-8-9-18-16(11-15)10-13(2)21-18/h5-9,11,13,19-20H,10H2,1-4H3. The lowest BCUT2D eigenvalue weighted by molar-refractivity contribution is 0.254. The van der Waals surface area contributed by atoms with Gasteiger partial charge in [-0.3, -0.25) is 0 Å². The number of nitrogens with one attached hydrogen (secondary N) is 1. The van der Waals surface area contributed by atoms with Crippen LogP contribution < -0.4 is 10.1 Å². The van der Waals surface area contributed by atoms with E-state index >= 15 is 0 Å². The van der Waals surface area contributed by atoms with E-state index in [2.05, 4.69) is 62.5 Å². The van der Waals surface area contributed by atoms with Gasteiger partial charge in [-0.1, -0.05) is 30.3 Å². The molecule has 0 amide bonds. The maximum atomic E-state index is 5.80. The molecule has 2 aromatic rings. The second-order valence-corrected chi connectivity index (χ2v) is 6.01. The van der Waals surface area contributed by atoms with Gasteiger partial charge < -0.3 is 10.1 Å². The van der Waals surface area contributed by atoms with Gasteiger partial charge in [-0.05, 0) is 61.7 Å². The van der Waals surface area contributed by atoms with Crippen molar-refractivity contribution in [1.29, 1.82) is 0 Å². The van der Waals surface area contributed by atoms with E-state index in [1.807, 2.05) is 7.05 Å². The van der Waals surface area contributed by atoms with Crippen LogP contribution in [0.1, 0.15) is 40.8 Å². The van der Waals surface area contributed by atoms with Gasteiger partial charge in [0.15, 0.2) is 0 Å². The first-order chi connectivity index (χ1) is 10.1. The molecule has 2 heteroatoms. The Balaban J connectivity index is 2.01. The molecule has 0 spiro atoms. The van der Waals surface area contributed by atoms with Gasteiger partial charge in [0.1, 0.15) is 11.9 Å². The van der Waals surface area contributed by atoms with Crippen LogP contribution in [0.3, 0.4) is 0 Å². The summed E-state index contributed by atoms with van der Waals surface area (Å²) < 4.78 is 5.80. The molecule has 1 N–H and O–H groups in total. The van der Waals surface area contributed by atoms with Crippen molar-refractivity contribution in [3.05, 3.63) is 64.2 Å². The van der Waals surface area contributed by atoms with E-state index in [-0.39, 0.29) is 6.04 Å². The highest BCUT2D eigenvalue weighted by atomic mass is 16.5. The number of hydrogen-bond donors (Lipinski definition) is 1. The molecular formula is C19H23NO. The van der Waals surface area contributed by atoms with E-state index in [4.69, 9.17) is 4.74 Å². The number of hydrogen-bond acceptors (Lipinski definition) is 2. The predicted molar refractivity (Wildman–Crippen MR) is 87.1 cm³/mol. The van der Waals surface area contributed by atoms with Crippen LogP contribution in [-0.2, 0) is 6.42 Å². The summed E-state index contributed by atoms with van der Waals surface area (Å²) >= 11 is 0. The quantitative estimate of drug-likeness (QED) is 0.920. The second kappa shape index (κ2) is 5.53. The van der Waals surface area contributed by atoms with Crippen molar-refractivity contribution in [2.45, 2.75) is 39.3 Å². The van der Waals surface area contributed by atoms with Gasteiger partial charge in [-0.2, -0.15) is 0 Å². The summed E-state index contributed by atoms with van der Waals surface area (Å²) in [6.07, 6.45) is 1.30. The smallest absolute Gasteiger partial charge is 0.123 e. The van der Waals surface area contributed by atoms with Gasteiger partial charge in [-0.25, -0.2) is 0 Å². The van der Waals surface area contributed by atoms with Crippen LogP contribution in [0.25, 0.3) is 0 Å². The fraction of sp³-hybridized carbons (Fsp3) is 0.368. The molecule has 2 aromatic carbocycles. The summed E-state index contributed by atoms with van der Waals surface area (Å²) in [7, 11) is 2.03. The fourth-order valence-electron chi connectivity index (χ4n) is 3.21.